The van der Waals surface area contributed by atoms with Gasteiger partial charge in [-0.2, -0.15) is 0 Å². The summed E-state index contributed by atoms with van der Waals surface area (Å²) in [5, 5.41) is 9.44. The van der Waals surface area contributed by atoms with Gasteiger partial charge < -0.3 is 10.0 Å². The predicted molar refractivity (Wildman–Crippen MR) is 66.5 cm³/mol. The summed E-state index contributed by atoms with van der Waals surface area (Å²) in [6, 6.07) is 6.76. The van der Waals surface area contributed by atoms with Gasteiger partial charge in [0.2, 0.25) is 0 Å². The molecule has 2 rings (SSSR count). The van der Waals surface area contributed by atoms with Crippen LogP contribution in [-0.4, -0.2) is 36.2 Å². The number of likely N-dealkylation sites (tertiary alicyclic amines) is 1. The maximum Gasteiger partial charge on any atom is 0.126 e. The first-order valence-corrected chi connectivity index (χ1v) is 6.39. The average Bonchev–Trinajstić information content (AvgIpc) is 2.38. The van der Waals surface area contributed by atoms with E-state index in [0.717, 1.165) is 19.6 Å². The van der Waals surface area contributed by atoms with Crippen molar-refractivity contribution in [1.29, 1.82) is 0 Å². The van der Waals surface area contributed by atoms with Gasteiger partial charge in [0, 0.05) is 12.5 Å². The molecule has 0 bridgehead atoms. The Balaban J connectivity index is 2.03. The van der Waals surface area contributed by atoms with Gasteiger partial charge in [-0.1, -0.05) is 24.6 Å². The van der Waals surface area contributed by atoms with E-state index in [9.17, 15) is 9.50 Å². The highest BCUT2D eigenvalue weighted by Crippen LogP contribution is 2.21. The maximum absolute atomic E-state index is 13.7. The zero-order valence-electron chi connectivity index (χ0n) is 10.1. The monoisotopic (exact) mass is 237 g/mol. The standard InChI is InChI=1S/C14H20FNO/c15-14-7-3-2-6-13(14)12(11-17)10-16-8-4-1-5-9-16/h2-3,6-7,12,17H,1,4-5,8-11H2. The molecule has 94 valence electrons. The lowest BCUT2D eigenvalue weighted by Gasteiger charge is -2.30. The highest BCUT2D eigenvalue weighted by atomic mass is 19.1. The van der Waals surface area contributed by atoms with Gasteiger partial charge in [-0.25, -0.2) is 4.39 Å². The molecule has 2 nitrogen and oxygen atoms in total. The summed E-state index contributed by atoms with van der Waals surface area (Å²) >= 11 is 0. The van der Waals surface area contributed by atoms with Gasteiger partial charge in [0.1, 0.15) is 5.82 Å². The minimum absolute atomic E-state index is 0.0113. The first-order valence-electron chi connectivity index (χ1n) is 6.39. The lowest BCUT2D eigenvalue weighted by atomic mass is 9.97. The summed E-state index contributed by atoms with van der Waals surface area (Å²) < 4.78 is 13.7. The Labute approximate surface area is 102 Å². The van der Waals surface area contributed by atoms with Crippen molar-refractivity contribution in [3.63, 3.8) is 0 Å². The lowest BCUT2D eigenvalue weighted by molar-refractivity contribution is 0.177. The first-order chi connectivity index (χ1) is 8.31. The van der Waals surface area contributed by atoms with Gasteiger partial charge in [-0.05, 0) is 37.6 Å². The molecule has 1 atom stereocenters. The molecule has 1 heterocycles. The number of hydrogen-bond donors (Lipinski definition) is 1. The summed E-state index contributed by atoms with van der Waals surface area (Å²) in [4.78, 5) is 2.33. The van der Waals surface area contributed by atoms with E-state index in [1.54, 1.807) is 12.1 Å². The fourth-order valence-electron chi connectivity index (χ4n) is 2.51. The number of nitrogens with zero attached hydrogens (tertiary/aromatic N) is 1. The third-order valence-electron chi connectivity index (χ3n) is 3.49. The van der Waals surface area contributed by atoms with Crippen molar-refractivity contribution in [2.24, 2.45) is 0 Å². The summed E-state index contributed by atoms with van der Waals surface area (Å²) in [5.41, 5.74) is 0.639. The van der Waals surface area contributed by atoms with Crippen molar-refractivity contribution >= 4 is 0 Å². The molecule has 1 aromatic carbocycles. The van der Waals surface area contributed by atoms with Gasteiger partial charge in [0.25, 0.3) is 0 Å². The van der Waals surface area contributed by atoms with E-state index in [1.165, 1.54) is 25.3 Å². The average molecular weight is 237 g/mol. The Morgan fingerprint density at radius 2 is 1.88 bits per heavy atom. The Bertz CT molecular complexity index is 350. The minimum Gasteiger partial charge on any atom is -0.396 e. The fourth-order valence-corrected chi connectivity index (χ4v) is 2.51. The molecule has 1 aromatic rings. The van der Waals surface area contributed by atoms with Crippen LogP contribution in [0, 0.1) is 5.82 Å². The van der Waals surface area contributed by atoms with E-state index < -0.39 is 0 Å². The molecule has 3 heteroatoms. The Kier molecular flexibility index (Phi) is 4.51. The van der Waals surface area contributed by atoms with E-state index in [-0.39, 0.29) is 18.3 Å². The van der Waals surface area contributed by atoms with Crippen LogP contribution in [0.15, 0.2) is 24.3 Å². The van der Waals surface area contributed by atoms with Gasteiger partial charge >= 0.3 is 0 Å². The normalized spacial score (nSPS) is 19.2. The molecule has 0 amide bonds. The molecule has 0 saturated carbocycles. The molecule has 1 N–H and O–H groups in total. The second kappa shape index (κ2) is 6.12. The third-order valence-corrected chi connectivity index (χ3v) is 3.49. The molecule has 0 spiro atoms. The summed E-state index contributed by atoms with van der Waals surface area (Å²) in [6.45, 7) is 2.92. The van der Waals surface area contributed by atoms with Crippen molar-refractivity contribution in [1.82, 2.24) is 4.90 Å². The minimum atomic E-state index is -0.205. The van der Waals surface area contributed by atoms with Crippen LogP contribution in [0.3, 0.4) is 0 Å². The van der Waals surface area contributed by atoms with E-state index >= 15 is 0 Å². The first kappa shape index (κ1) is 12.5. The van der Waals surface area contributed by atoms with Gasteiger partial charge in [0.05, 0.1) is 6.61 Å². The Morgan fingerprint density at radius 3 is 2.53 bits per heavy atom. The number of piperidine rings is 1. The van der Waals surface area contributed by atoms with Gasteiger partial charge in [-0.3, -0.25) is 0 Å². The van der Waals surface area contributed by atoms with Crippen molar-refractivity contribution in [2.45, 2.75) is 25.2 Å². The number of hydrogen-bond acceptors (Lipinski definition) is 2. The quantitative estimate of drug-likeness (QED) is 0.869. The number of halogens is 1. The largest absolute Gasteiger partial charge is 0.396 e. The molecular formula is C14H20FNO. The summed E-state index contributed by atoms with van der Waals surface area (Å²) in [6.07, 6.45) is 3.73. The van der Waals surface area contributed by atoms with E-state index in [0.29, 0.717) is 5.56 Å². The molecule has 1 fully saturated rings. The van der Waals surface area contributed by atoms with E-state index in [4.69, 9.17) is 0 Å². The van der Waals surface area contributed by atoms with E-state index in [2.05, 4.69) is 4.90 Å². The predicted octanol–water partition coefficient (Wildman–Crippen LogP) is 2.39. The summed E-state index contributed by atoms with van der Waals surface area (Å²) in [7, 11) is 0. The van der Waals surface area contributed by atoms with Crippen molar-refractivity contribution in [2.75, 3.05) is 26.2 Å². The molecule has 1 aliphatic heterocycles. The second-order valence-corrected chi connectivity index (χ2v) is 4.76. The topological polar surface area (TPSA) is 23.5 Å². The Morgan fingerprint density at radius 1 is 1.18 bits per heavy atom. The van der Waals surface area contributed by atoms with Crippen LogP contribution >= 0.6 is 0 Å². The number of aliphatic hydroxyl groups is 1. The van der Waals surface area contributed by atoms with Crippen LogP contribution < -0.4 is 0 Å². The lowest BCUT2D eigenvalue weighted by Crippen LogP contribution is -2.34. The zero-order valence-corrected chi connectivity index (χ0v) is 10.1. The molecule has 0 radical (unpaired) electrons. The molecule has 1 unspecified atom stereocenters. The Hall–Kier alpha value is -0.930. The molecule has 1 aliphatic rings. The van der Waals surface area contributed by atoms with Gasteiger partial charge in [0.15, 0.2) is 0 Å². The second-order valence-electron chi connectivity index (χ2n) is 4.76. The van der Waals surface area contributed by atoms with Crippen molar-refractivity contribution < 1.29 is 9.50 Å². The molecule has 0 aromatic heterocycles. The van der Waals surface area contributed by atoms with Crippen LogP contribution in [0.1, 0.15) is 30.7 Å². The number of aliphatic hydroxyl groups excluding tert-OH is 1. The highest BCUT2D eigenvalue weighted by Gasteiger charge is 2.19. The number of benzene rings is 1. The maximum atomic E-state index is 13.7. The molecule has 1 saturated heterocycles. The van der Waals surface area contributed by atoms with Crippen LogP contribution in [0.4, 0.5) is 4.39 Å². The van der Waals surface area contributed by atoms with Crippen LogP contribution in [0.2, 0.25) is 0 Å². The van der Waals surface area contributed by atoms with Gasteiger partial charge in [-0.15, -0.1) is 0 Å². The van der Waals surface area contributed by atoms with Crippen LogP contribution in [-0.2, 0) is 0 Å². The van der Waals surface area contributed by atoms with Crippen molar-refractivity contribution in [3.8, 4) is 0 Å². The van der Waals surface area contributed by atoms with Crippen LogP contribution in [0.25, 0.3) is 0 Å². The summed E-state index contributed by atoms with van der Waals surface area (Å²) in [5.74, 6) is -0.308. The van der Waals surface area contributed by atoms with Crippen molar-refractivity contribution in [3.05, 3.63) is 35.6 Å². The number of rotatable bonds is 4. The third kappa shape index (κ3) is 3.27. The molecular weight excluding hydrogens is 217 g/mol. The zero-order chi connectivity index (χ0) is 12.1. The molecule has 0 aliphatic carbocycles. The molecule has 17 heavy (non-hydrogen) atoms. The SMILES string of the molecule is OCC(CN1CCCCC1)c1ccccc1F. The fraction of sp³-hybridized carbons (Fsp3) is 0.571. The smallest absolute Gasteiger partial charge is 0.126 e. The van der Waals surface area contributed by atoms with E-state index in [1.807, 2.05) is 6.07 Å². The highest BCUT2D eigenvalue weighted by molar-refractivity contribution is 5.22. The van der Waals surface area contributed by atoms with Crippen LogP contribution in [0.5, 0.6) is 0 Å².